The van der Waals surface area contributed by atoms with E-state index in [2.05, 4.69) is 17.1 Å². The molecule has 6 heteroatoms. The smallest absolute Gasteiger partial charge is 0.246 e. The first-order valence-electron chi connectivity index (χ1n) is 8.21. The Kier molecular flexibility index (Phi) is 6.36. The zero-order valence-electron chi connectivity index (χ0n) is 14.9. The summed E-state index contributed by atoms with van der Waals surface area (Å²) in [5, 5.41) is 29.6. The number of hydrogen-bond donors (Lipinski definition) is 4. The summed E-state index contributed by atoms with van der Waals surface area (Å²) in [6.45, 7) is 9.85. The molecule has 1 saturated heterocycles. The number of carbonyl (C=O) groups excluding carboxylic acids is 1. The third-order valence-electron chi connectivity index (χ3n) is 4.72. The molecule has 0 aromatic rings. The van der Waals surface area contributed by atoms with Crippen molar-refractivity contribution in [3.8, 4) is 0 Å². The average Bonchev–Trinajstić information content (AvgIpc) is 2.47. The largest absolute Gasteiger partial charge is 0.494 e. The standard InChI is InChI=1S/C17H31N3O3/c1-12-8-6-7-9-20(12)17(4,5)15(23)19-14(22)10-13(18)16(2,3)11-21/h10,12,18,21-22H,6-9,11H2,1-5H3,(H,19,23)/b14-10-,18-13?. The van der Waals surface area contributed by atoms with Crippen LogP contribution in [0.15, 0.2) is 12.0 Å². The summed E-state index contributed by atoms with van der Waals surface area (Å²) in [6.07, 6.45) is 4.49. The molecule has 0 aromatic carbocycles. The van der Waals surface area contributed by atoms with E-state index in [4.69, 9.17) is 5.41 Å². The van der Waals surface area contributed by atoms with Gasteiger partial charge in [0, 0.05) is 23.2 Å². The van der Waals surface area contributed by atoms with E-state index in [0.717, 1.165) is 19.4 Å². The molecule has 6 nitrogen and oxygen atoms in total. The lowest BCUT2D eigenvalue weighted by molar-refractivity contribution is -0.134. The quantitative estimate of drug-likeness (QED) is 0.444. The average molecular weight is 325 g/mol. The van der Waals surface area contributed by atoms with Crippen molar-refractivity contribution in [1.82, 2.24) is 10.2 Å². The maximum absolute atomic E-state index is 12.5. The minimum atomic E-state index is -0.768. The van der Waals surface area contributed by atoms with Gasteiger partial charge in [-0.2, -0.15) is 0 Å². The molecule has 132 valence electrons. The molecule has 0 saturated carbocycles. The van der Waals surface area contributed by atoms with Crippen molar-refractivity contribution in [2.24, 2.45) is 5.41 Å². The fraction of sp³-hybridized carbons (Fsp3) is 0.765. The van der Waals surface area contributed by atoms with Crippen molar-refractivity contribution in [2.75, 3.05) is 13.2 Å². The van der Waals surface area contributed by atoms with E-state index in [1.807, 2.05) is 13.8 Å². The van der Waals surface area contributed by atoms with E-state index in [0.29, 0.717) is 6.04 Å². The highest BCUT2D eigenvalue weighted by molar-refractivity contribution is 5.97. The molecule has 1 heterocycles. The lowest BCUT2D eigenvalue weighted by Gasteiger charge is -2.43. The number of amides is 1. The SMILES string of the molecule is CC1CCCCN1C(C)(C)C(=O)N/C(O)=C/C(=N)C(C)(C)CO. The van der Waals surface area contributed by atoms with Gasteiger partial charge in [0.25, 0.3) is 0 Å². The van der Waals surface area contributed by atoms with Crippen LogP contribution in [0.5, 0.6) is 0 Å². The Labute approximate surface area is 139 Å². The fourth-order valence-electron chi connectivity index (χ4n) is 2.78. The zero-order valence-corrected chi connectivity index (χ0v) is 14.9. The number of nitrogens with one attached hydrogen (secondary N) is 2. The molecule has 1 fully saturated rings. The van der Waals surface area contributed by atoms with Gasteiger partial charge in [-0.1, -0.05) is 20.3 Å². The van der Waals surface area contributed by atoms with E-state index >= 15 is 0 Å². The maximum atomic E-state index is 12.5. The fourth-order valence-corrected chi connectivity index (χ4v) is 2.78. The van der Waals surface area contributed by atoms with Crippen LogP contribution in [0.4, 0.5) is 0 Å². The molecule has 0 bridgehead atoms. The molecule has 0 aliphatic carbocycles. The van der Waals surface area contributed by atoms with Crippen LogP contribution in [0.2, 0.25) is 0 Å². The first kappa shape index (κ1) is 19.6. The zero-order chi connectivity index (χ0) is 17.8. The lowest BCUT2D eigenvalue weighted by Crippen LogP contribution is -2.59. The third-order valence-corrected chi connectivity index (χ3v) is 4.72. The second kappa shape index (κ2) is 7.45. The van der Waals surface area contributed by atoms with Crippen LogP contribution in [0.1, 0.15) is 53.9 Å². The van der Waals surface area contributed by atoms with Crippen LogP contribution >= 0.6 is 0 Å². The number of likely N-dealkylation sites (tertiary alicyclic amines) is 1. The summed E-state index contributed by atoms with van der Waals surface area (Å²) in [5.41, 5.74) is -1.45. The number of aliphatic hydroxyl groups excluding tert-OH is 2. The number of carbonyl (C=O) groups is 1. The van der Waals surface area contributed by atoms with Crippen molar-refractivity contribution in [3.63, 3.8) is 0 Å². The number of allylic oxidation sites excluding steroid dienone is 1. The summed E-state index contributed by atoms with van der Waals surface area (Å²) in [5.74, 6) is -0.658. The molecular formula is C17H31N3O3. The number of rotatable bonds is 6. The second-order valence-electron chi connectivity index (χ2n) is 7.54. The van der Waals surface area contributed by atoms with Gasteiger partial charge in [0.15, 0.2) is 5.88 Å². The number of piperidine rings is 1. The molecule has 1 unspecified atom stereocenters. The highest BCUT2D eigenvalue weighted by atomic mass is 16.3. The van der Waals surface area contributed by atoms with E-state index in [-0.39, 0.29) is 24.1 Å². The van der Waals surface area contributed by atoms with Crippen molar-refractivity contribution in [1.29, 1.82) is 5.41 Å². The summed E-state index contributed by atoms with van der Waals surface area (Å²) >= 11 is 0. The number of aliphatic hydroxyl groups is 2. The summed E-state index contributed by atoms with van der Waals surface area (Å²) in [4.78, 5) is 14.7. The van der Waals surface area contributed by atoms with Gasteiger partial charge in [0.2, 0.25) is 5.91 Å². The molecule has 1 aliphatic heterocycles. The van der Waals surface area contributed by atoms with Gasteiger partial charge < -0.3 is 15.6 Å². The Morgan fingerprint density at radius 3 is 2.48 bits per heavy atom. The van der Waals surface area contributed by atoms with Crippen LogP contribution in [-0.2, 0) is 4.79 Å². The predicted molar refractivity (Wildman–Crippen MR) is 91.5 cm³/mol. The first-order chi connectivity index (χ1) is 10.5. The van der Waals surface area contributed by atoms with Gasteiger partial charge in [-0.3, -0.25) is 15.0 Å². The topological polar surface area (TPSA) is 96.7 Å². The van der Waals surface area contributed by atoms with E-state index < -0.39 is 11.0 Å². The molecule has 0 radical (unpaired) electrons. The van der Waals surface area contributed by atoms with Gasteiger partial charge in [-0.25, -0.2) is 0 Å². The predicted octanol–water partition coefficient (Wildman–Crippen LogP) is 2.19. The summed E-state index contributed by atoms with van der Waals surface area (Å²) in [6, 6.07) is 0.322. The number of nitrogens with zero attached hydrogens (tertiary/aromatic N) is 1. The van der Waals surface area contributed by atoms with Crippen LogP contribution in [0.3, 0.4) is 0 Å². The van der Waals surface area contributed by atoms with Crippen molar-refractivity contribution < 1.29 is 15.0 Å². The van der Waals surface area contributed by atoms with Gasteiger partial charge in [-0.05, 0) is 40.2 Å². The monoisotopic (exact) mass is 325 g/mol. The minimum Gasteiger partial charge on any atom is -0.494 e. The van der Waals surface area contributed by atoms with Gasteiger partial charge >= 0.3 is 0 Å². The van der Waals surface area contributed by atoms with Crippen molar-refractivity contribution in [3.05, 3.63) is 12.0 Å². The van der Waals surface area contributed by atoms with Crippen molar-refractivity contribution in [2.45, 2.75) is 65.5 Å². The van der Waals surface area contributed by atoms with Crippen molar-refractivity contribution >= 4 is 11.6 Å². The molecule has 1 aliphatic rings. The Balaban J connectivity index is 2.79. The molecule has 23 heavy (non-hydrogen) atoms. The highest BCUT2D eigenvalue weighted by Gasteiger charge is 2.38. The molecule has 0 spiro atoms. The van der Waals surface area contributed by atoms with E-state index in [9.17, 15) is 15.0 Å². The Bertz CT molecular complexity index is 483. The van der Waals surface area contributed by atoms with Crippen LogP contribution in [-0.4, -0.2) is 51.5 Å². The first-order valence-corrected chi connectivity index (χ1v) is 8.21. The van der Waals surface area contributed by atoms with E-state index in [1.165, 1.54) is 12.5 Å². The molecule has 1 amide bonds. The van der Waals surface area contributed by atoms with E-state index in [1.54, 1.807) is 13.8 Å². The lowest BCUT2D eigenvalue weighted by atomic mass is 9.88. The van der Waals surface area contributed by atoms with Gasteiger partial charge in [0.05, 0.1) is 12.1 Å². The Hall–Kier alpha value is -1.40. The van der Waals surface area contributed by atoms with Crippen LogP contribution in [0.25, 0.3) is 0 Å². The van der Waals surface area contributed by atoms with Crippen LogP contribution in [0, 0.1) is 10.8 Å². The molecule has 4 N–H and O–H groups in total. The van der Waals surface area contributed by atoms with Gasteiger partial charge in [-0.15, -0.1) is 0 Å². The number of hydrogen-bond acceptors (Lipinski definition) is 5. The second-order valence-corrected chi connectivity index (χ2v) is 7.54. The summed E-state index contributed by atoms with van der Waals surface area (Å²) in [7, 11) is 0. The minimum absolute atomic E-state index is 0.0574. The molecule has 1 rings (SSSR count). The van der Waals surface area contributed by atoms with Gasteiger partial charge in [0.1, 0.15) is 0 Å². The maximum Gasteiger partial charge on any atom is 0.246 e. The Morgan fingerprint density at radius 1 is 1.35 bits per heavy atom. The summed E-state index contributed by atoms with van der Waals surface area (Å²) < 4.78 is 0. The molecular weight excluding hydrogens is 294 g/mol. The van der Waals surface area contributed by atoms with Crippen LogP contribution < -0.4 is 5.32 Å². The highest BCUT2D eigenvalue weighted by Crippen LogP contribution is 2.26. The normalized spacial score (nSPS) is 21.1. The molecule has 1 atom stereocenters. The third kappa shape index (κ3) is 4.78. The Morgan fingerprint density at radius 2 is 1.96 bits per heavy atom. The molecule has 0 aromatic heterocycles.